The van der Waals surface area contributed by atoms with Gasteiger partial charge in [0.2, 0.25) is 5.91 Å². The Labute approximate surface area is 128 Å². The summed E-state index contributed by atoms with van der Waals surface area (Å²) in [7, 11) is 1.78. The molecule has 3 fully saturated rings. The molecule has 0 aromatic heterocycles. The van der Waals surface area contributed by atoms with E-state index in [-0.39, 0.29) is 0 Å². The van der Waals surface area contributed by atoms with E-state index < -0.39 is 0 Å². The van der Waals surface area contributed by atoms with E-state index in [9.17, 15) is 4.79 Å². The van der Waals surface area contributed by atoms with Crippen molar-refractivity contribution in [1.29, 1.82) is 0 Å². The second kappa shape index (κ2) is 6.66. The van der Waals surface area contributed by atoms with Gasteiger partial charge in [-0.1, -0.05) is 12.8 Å². The van der Waals surface area contributed by atoms with Gasteiger partial charge in [0.05, 0.1) is 6.61 Å². The van der Waals surface area contributed by atoms with Crippen LogP contribution in [-0.2, 0) is 9.53 Å². The minimum atomic E-state index is 0.340. The van der Waals surface area contributed by atoms with Gasteiger partial charge in [0, 0.05) is 38.2 Å². The van der Waals surface area contributed by atoms with Gasteiger partial charge in [-0.05, 0) is 45.1 Å². The molecule has 1 aliphatic carbocycles. The molecule has 3 aliphatic rings. The van der Waals surface area contributed by atoms with Crippen LogP contribution in [0.4, 0.5) is 0 Å². The molecule has 0 N–H and O–H groups in total. The number of nitrogens with zero attached hydrogens (tertiary/aromatic N) is 2. The Morgan fingerprint density at radius 3 is 2.48 bits per heavy atom. The number of hydrogen-bond donors (Lipinski definition) is 0. The summed E-state index contributed by atoms with van der Waals surface area (Å²) in [5.41, 5.74) is 0.366. The first kappa shape index (κ1) is 15.3. The van der Waals surface area contributed by atoms with Crippen LogP contribution in [0.1, 0.15) is 51.4 Å². The number of methoxy groups -OCH3 is 1. The molecule has 0 radical (unpaired) electrons. The average Bonchev–Trinajstić information content (AvgIpc) is 3.16. The first-order valence-electron chi connectivity index (χ1n) is 8.78. The van der Waals surface area contributed by atoms with Gasteiger partial charge in [-0.3, -0.25) is 9.69 Å². The van der Waals surface area contributed by atoms with Gasteiger partial charge < -0.3 is 9.64 Å². The molecule has 4 heteroatoms. The zero-order valence-electron chi connectivity index (χ0n) is 13.5. The van der Waals surface area contributed by atoms with Gasteiger partial charge in [0.25, 0.3) is 0 Å². The summed E-state index contributed by atoms with van der Waals surface area (Å²) < 4.78 is 5.26. The molecule has 0 unspecified atom stereocenters. The third-order valence-electron chi connectivity index (χ3n) is 6.02. The number of hydrogen-bond acceptors (Lipinski definition) is 3. The molecule has 4 nitrogen and oxygen atoms in total. The molecule has 3 rings (SSSR count). The minimum absolute atomic E-state index is 0.340. The number of likely N-dealkylation sites (tertiary alicyclic amines) is 2. The summed E-state index contributed by atoms with van der Waals surface area (Å²) in [4.78, 5) is 17.3. The predicted molar refractivity (Wildman–Crippen MR) is 83.2 cm³/mol. The fourth-order valence-electron chi connectivity index (χ4n) is 4.69. The SMILES string of the molecule is COCCN1CCCC12CCN(C(=O)C1CCCC1)CC2. The molecule has 0 atom stereocenters. The molecule has 1 saturated carbocycles. The van der Waals surface area contributed by atoms with Crippen molar-refractivity contribution in [2.45, 2.75) is 56.9 Å². The Morgan fingerprint density at radius 1 is 1.10 bits per heavy atom. The highest BCUT2D eigenvalue weighted by molar-refractivity contribution is 5.79. The average molecular weight is 294 g/mol. The summed E-state index contributed by atoms with van der Waals surface area (Å²) in [5.74, 6) is 0.788. The first-order valence-corrected chi connectivity index (χ1v) is 8.78. The molecule has 0 bridgehead atoms. The lowest BCUT2D eigenvalue weighted by atomic mass is 9.84. The molecular weight excluding hydrogens is 264 g/mol. The van der Waals surface area contributed by atoms with Gasteiger partial charge in [-0.2, -0.15) is 0 Å². The van der Waals surface area contributed by atoms with Crippen molar-refractivity contribution in [3.63, 3.8) is 0 Å². The number of rotatable bonds is 4. The quantitative estimate of drug-likeness (QED) is 0.797. The van der Waals surface area contributed by atoms with Crippen LogP contribution >= 0.6 is 0 Å². The van der Waals surface area contributed by atoms with E-state index >= 15 is 0 Å². The second-order valence-corrected chi connectivity index (χ2v) is 7.11. The van der Waals surface area contributed by atoms with Gasteiger partial charge in [-0.15, -0.1) is 0 Å². The normalized spacial score (nSPS) is 26.8. The molecule has 120 valence electrons. The number of carbonyl (C=O) groups excluding carboxylic acids is 1. The van der Waals surface area contributed by atoms with Crippen molar-refractivity contribution < 1.29 is 9.53 Å². The standard InChI is InChI=1S/C17H30N2O2/c1-21-14-13-19-10-4-7-17(19)8-11-18(12-9-17)16(20)15-5-2-3-6-15/h15H,2-14H2,1H3. The number of ether oxygens (including phenoxy) is 1. The first-order chi connectivity index (χ1) is 10.2. The second-order valence-electron chi connectivity index (χ2n) is 7.11. The summed E-state index contributed by atoms with van der Waals surface area (Å²) in [6.07, 6.45) is 9.69. The predicted octanol–water partition coefficient (Wildman–Crippen LogP) is 2.28. The molecular formula is C17H30N2O2. The van der Waals surface area contributed by atoms with Crippen molar-refractivity contribution >= 4 is 5.91 Å². The van der Waals surface area contributed by atoms with Crippen LogP contribution in [0.2, 0.25) is 0 Å². The Morgan fingerprint density at radius 2 is 1.81 bits per heavy atom. The summed E-state index contributed by atoms with van der Waals surface area (Å²) >= 11 is 0. The van der Waals surface area contributed by atoms with Crippen molar-refractivity contribution in [3.05, 3.63) is 0 Å². The summed E-state index contributed by atoms with van der Waals surface area (Å²) in [5, 5.41) is 0. The highest BCUT2D eigenvalue weighted by Crippen LogP contribution is 2.39. The molecule has 2 heterocycles. The molecule has 2 saturated heterocycles. The van der Waals surface area contributed by atoms with Crippen molar-refractivity contribution in [1.82, 2.24) is 9.80 Å². The van der Waals surface area contributed by atoms with Crippen molar-refractivity contribution in [2.75, 3.05) is 39.9 Å². The summed E-state index contributed by atoms with van der Waals surface area (Å²) in [6.45, 7) is 5.02. The Bertz CT molecular complexity index is 358. The number of amides is 1. The van der Waals surface area contributed by atoms with Crippen LogP contribution in [-0.4, -0.2) is 61.1 Å². The van der Waals surface area contributed by atoms with Crippen LogP contribution in [0, 0.1) is 5.92 Å². The third-order valence-corrected chi connectivity index (χ3v) is 6.02. The van der Waals surface area contributed by atoms with E-state index in [1.165, 1.54) is 32.2 Å². The van der Waals surface area contributed by atoms with Crippen LogP contribution in [0.5, 0.6) is 0 Å². The van der Waals surface area contributed by atoms with Crippen LogP contribution in [0.15, 0.2) is 0 Å². The van der Waals surface area contributed by atoms with Crippen molar-refractivity contribution in [3.8, 4) is 0 Å². The van der Waals surface area contributed by atoms with Gasteiger partial charge in [-0.25, -0.2) is 0 Å². The van der Waals surface area contributed by atoms with Crippen LogP contribution < -0.4 is 0 Å². The zero-order valence-corrected chi connectivity index (χ0v) is 13.5. The molecule has 2 aliphatic heterocycles. The zero-order chi connectivity index (χ0) is 14.7. The van der Waals surface area contributed by atoms with E-state index in [1.807, 2.05) is 0 Å². The Balaban J connectivity index is 1.55. The number of piperidine rings is 1. The van der Waals surface area contributed by atoms with Crippen LogP contribution in [0.25, 0.3) is 0 Å². The molecule has 1 spiro atoms. The van der Waals surface area contributed by atoms with Gasteiger partial charge >= 0.3 is 0 Å². The third kappa shape index (κ3) is 3.11. The molecule has 21 heavy (non-hydrogen) atoms. The lowest BCUT2D eigenvalue weighted by Gasteiger charge is -2.45. The fourth-order valence-corrected chi connectivity index (χ4v) is 4.69. The Hall–Kier alpha value is -0.610. The molecule has 0 aromatic carbocycles. The lowest BCUT2D eigenvalue weighted by Crippen LogP contribution is -2.54. The number of carbonyl (C=O) groups is 1. The topological polar surface area (TPSA) is 32.8 Å². The van der Waals surface area contributed by atoms with E-state index in [0.29, 0.717) is 17.4 Å². The molecule has 0 aromatic rings. The van der Waals surface area contributed by atoms with E-state index in [2.05, 4.69) is 9.80 Å². The maximum Gasteiger partial charge on any atom is 0.225 e. The fraction of sp³-hybridized carbons (Fsp3) is 0.941. The molecule has 1 amide bonds. The van der Waals surface area contributed by atoms with Crippen LogP contribution in [0.3, 0.4) is 0 Å². The maximum atomic E-state index is 12.5. The van der Waals surface area contributed by atoms with E-state index in [1.54, 1.807) is 7.11 Å². The van der Waals surface area contributed by atoms with E-state index in [0.717, 1.165) is 51.9 Å². The highest BCUT2D eigenvalue weighted by atomic mass is 16.5. The highest BCUT2D eigenvalue weighted by Gasteiger charge is 2.44. The monoisotopic (exact) mass is 294 g/mol. The smallest absolute Gasteiger partial charge is 0.225 e. The van der Waals surface area contributed by atoms with Crippen molar-refractivity contribution in [2.24, 2.45) is 5.92 Å². The van der Waals surface area contributed by atoms with Gasteiger partial charge in [0.15, 0.2) is 0 Å². The van der Waals surface area contributed by atoms with Gasteiger partial charge in [0.1, 0.15) is 0 Å². The maximum absolute atomic E-state index is 12.5. The Kier molecular flexibility index (Phi) is 4.85. The largest absolute Gasteiger partial charge is 0.383 e. The minimum Gasteiger partial charge on any atom is -0.383 e. The summed E-state index contributed by atoms with van der Waals surface area (Å²) in [6, 6.07) is 0. The lowest BCUT2D eigenvalue weighted by molar-refractivity contribution is -0.138. The van der Waals surface area contributed by atoms with E-state index in [4.69, 9.17) is 4.74 Å².